The highest BCUT2D eigenvalue weighted by Crippen LogP contribution is 2.33. The monoisotopic (exact) mass is 422 g/mol. The third kappa shape index (κ3) is 3.05. The van der Waals surface area contributed by atoms with Gasteiger partial charge in [-0.3, -0.25) is 0 Å². The van der Waals surface area contributed by atoms with Crippen LogP contribution in [0.25, 0.3) is 0 Å². The number of nitrogens with one attached hydrogen (secondary N) is 1. The summed E-state index contributed by atoms with van der Waals surface area (Å²) >= 11 is 9.95. The Morgan fingerprint density at radius 2 is 1.76 bits per heavy atom. The maximum atomic E-state index is 13.6. The number of para-hydroxylation sites is 1. The van der Waals surface area contributed by atoms with Crippen LogP contribution in [-0.2, 0) is 0 Å². The van der Waals surface area contributed by atoms with Crippen LogP contribution in [0, 0.1) is 5.82 Å². The third-order valence-electron chi connectivity index (χ3n) is 2.01. The molecule has 0 aliphatic heterocycles. The number of hydrogen-bond acceptors (Lipinski definition) is 2. The van der Waals surface area contributed by atoms with Crippen LogP contribution in [0.5, 0.6) is 0 Å². The van der Waals surface area contributed by atoms with E-state index in [1.165, 1.54) is 12.3 Å². The minimum Gasteiger partial charge on any atom is -0.336 e. The van der Waals surface area contributed by atoms with E-state index in [0.717, 1.165) is 14.6 Å². The molecule has 2 nitrogen and oxygen atoms in total. The Bertz CT molecular complexity index is 540. The Kier molecular flexibility index (Phi) is 4.17. The molecule has 1 aromatic carbocycles. The molecule has 6 heteroatoms. The number of anilines is 2. The fourth-order valence-electron chi connectivity index (χ4n) is 1.24. The Balaban J connectivity index is 2.38. The number of pyridine rings is 1. The first kappa shape index (κ1) is 13.0. The molecule has 0 saturated carbocycles. The van der Waals surface area contributed by atoms with Gasteiger partial charge in [0.25, 0.3) is 0 Å². The van der Waals surface area contributed by atoms with E-state index in [-0.39, 0.29) is 5.82 Å². The Labute approximate surface area is 123 Å². The van der Waals surface area contributed by atoms with Crippen molar-refractivity contribution in [2.24, 2.45) is 0 Å². The van der Waals surface area contributed by atoms with Crippen molar-refractivity contribution in [3.8, 4) is 0 Å². The van der Waals surface area contributed by atoms with Crippen LogP contribution < -0.4 is 5.32 Å². The first-order chi connectivity index (χ1) is 8.08. The van der Waals surface area contributed by atoms with Gasteiger partial charge in [-0.1, -0.05) is 6.07 Å². The van der Waals surface area contributed by atoms with Crippen molar-refractivity contribution in [2.75, 3.05) is 5.32 Å². The summed E-state index contributed by atoms with van der Waals surface area (Å²) in [6.07, 6.45) is 1.54. The van der Waals surface area contributed by atoms with Crippen molar-refractivity contribution >= 4 is 59.3 Å². The van der Waals surface area contributed by atoms with Crippen LogP contribution in [0.4, 0.5) is 15.9 Å². The zero-order valence-corrected chi connectivity index (χ0v) is 13.1. The SMILES string of the molecule is Fc1cc(Br)cnc1Nc1c(Br)cccc1Br. The van der Waals surface area contributed by atoms with Gasteiger partial charge in [0.15, 0.2) is 11.6 Å². The highest BCUT2D eigenvalue weighted by atomic mass is 79.9. The van der Waals surface area contributed by atoms with Gasteiger partial charge in [0.05, 0.1) is 5.69 Å². The summed E-state index contributed by atoms with van der Waals surface area (Å²) in [4.78, 5) is 3.98. The molecule has 0 spiro atoms. The average Bonchev–Trinajstić information content (AvgIpc) is 2.26. The van der Waals surface area contributed by atoms with Gasteiger partial charge in [0, 0.05) is 19.6 Å². The zero-order valence-electron chi connectivity index (χ0n) is 8.35. The van der Waals surface area contributed by atoms with Crippen molar-refractivity contribution in [2.45, 2.75) is 0 Å². The average molecular weight is 425 g/mol. The number of nitrogens with zero attached hydrogens (tertiary/aromatic N) is 1. The van der Waals surface area contributed by atoms with Gasteiger partial charge < -0.3 is 5.32 Å². The summed E-state index contributed by atoms with van der Waals surface area (Å²) in [6, 6.07) is 6.97. The standard InChI is InChI=1S/C11H6Br3FN2/c12-6-4-9(15)11(16-5-6)17-10-7(13)2-1-3-8(10)14/h1-5H,(H,16,17). The van der Waals surface area contributed by atoms with Gasteiger partial charge in [0.2, 0.25) is 0 Å². The van der Waals surface area contributed by atoms with E-state index in [1.54, 1.807) is 0 Å². The molecule has 2 rings (SSSR count). The number of aromatic nitrogens is 1. The van der Waals surface area contributed by atoms with Crippen LogP contribution in [0.3, 0.4) is 0 Å². The lowest BCUT2D eigenvalue weighted by Crippen LogP contribution is -1.98. The van der Waals surface area contributed by atoms with Crippen LogP contribution >= 0.6 is 47.8 Å². The Morgan fingerprint density at radius 1 is 1.12 bits per heavy atom. The summed E-state index contributed by atoms with van der Waals surface area (Å²) in [6.45, 7) is 0. The first-order valence-electron chi connectivity index (χ1n) is 4.60. The van der Waals surface area contributed by atoms with Crippen molar-refractivity contribution in [1.29, 1.82) is 0 Å². The molecule has 0 amide bonds. The molecular weight excluding hydrogens is 419 g/mol. The molecule has 0 atom stereocenters. The molecule has 1 aromatic heterocycles. The van der Waals surface area contributed by atoms with Crippen LogP contribution in [0.1, 0.15) is 0 Å². The highest BCUT2D eigenvalue weighted by molar-refractivity contribution is 9.11. The van der Waals surface area contributed by atoms with E-state index in [4.69, 9.17) is 0 Å². The van der Waals surface area contributed by atoms with Crippen LogP contribution in [-0.4, -0.2) is 4.98 Å². The largest absolute Gasteiger partial charge is 0.336 e. The smallest absolute Gasteiger partial charge is 0.166 e. The predicted octanol–water partition coefficient (Wildman–Crippen LogP) is 5.25. The molecule has 0 aliphatic carbocycles. The number of rotatable bonds is 2. The molecule has 0 radical (unpaired) electrons. The minimum absolute atomic E-state index is 0.181. The van der Waals surface area contributed by atoms with Gasteiger partial charge in [-0.25, -0.2) is 9.37 Å². The van der Waals surface area contributed by atoms with Gasteiger partial charge in [-0.05, 0) is 66.0 Å². The number of benzene rings is 1. The second-order valence-corrected chi connectivity index (χ2v) is 5.83. The first-order valence-corrected chi connectivity index (χ1v) is 6.98. The molecule has 1 heterocycles. The van der Waals surface area contributed by atoms with Crippen molar-refractivity contribution in [3.63, 3.8) is 0 Å². The van der Waals surface area contributed by atoms with Crippen LogP contribution in [0.15, 0.2) is 43.9 Å². The van der Waals surface area contributed by atoms with Crippen molar-refractivity contribution < 1.29 is 4.39 Å². The normalized spacial score (nSPS) is 10.4. The molecule has 1 N–H and O–H groups in total. The molecule has 0 unspecified atom stereocenters. The molecular formula is C11H6Br3FN2. The summed E-state index contributed by atoms with van der Waals surface area (Å²) < 4.78 is 15.9. The minimum atomic E-state index is -0.415. The lowest BCUT2D eigenvalue weighted by atomic mass is 10.3. The van der Waals surface area contributed by atoms with Gasteiger partial charge >= 0.3 is 0 Å². The molecule has 0 fully saturated rings. The lowest BCUT2D eigenvalue weighted by molar-refractivity contribution is 0.625. The molecule has 17 heavy (non-hydrogen) atoms. The fourth-order valence-corrected chi connectivity index (χ4v) is 2.74. The Hall–Kier alpha value is -0.460. The van der Waals surface area contributed by atoms with E-state index in [9.17, 15) is 4.39 Å². The lowest BCUT2D eigenvalue weighted by Gasteiger charge is -2.10. The topological polar surface area (TPSA) is 24.9 Å². The van der Waals surface area contributed by atoms with Gasteiger partial charge in [0.1, 0.15) is 0 Å². The molecule has 0 aliphatic rings. The molecule has 0 bridgehead atoms. The number of halogens is 4. The third-order valence-corrected chi connectivity index (χ3v) is 3.77. The fraction of sp³-hybridized carbons (Fsp3) is 0. The quantitative estimate of drug-likeness (QED) is 0.712. The molecule has 88 valence electrons. The molecule has 2 aromatic rings. The second-order valence-electron chi connectivity index (χ2n) is 3.21. The maximum absolute atomic E-state index is 13.6. The van der Waals surface area contributed by atoms with E-state index < -0.39 is 5.82 Å². The molecule has 0 saturated heterocycles. The summed E-state index contributed by atoms with van der Waals surface area (Å²) in [7, 11) is 0. The zero-order chi connectivity index (χ0) is 12.4. The van der Waals surface area contributed by atoms with E-state index in [1.807, 2.05) is 18.2 Å². The highest BCUT2D eigenvalue weighted by Gasteiger charge is 2.09. The Morgan fingerprint density at radius 3 is 2.35 bits per heavy atom. The maximum Gasteiger partial charge on any atom is 0.166 e. The van der Waals surface area contributed by atoms with Gasteiger partial charge in [-0.2, -0.15) is 0 Å². The summed E-state index contributed by atoms with van der Waals surface area (Å²) in [5, 5.41) is 2.94. The van der Waals surface area contributed by atoms with Crippen molar-refractivity contribution in [1.82, 2.24) is 4.98 Å². The van der Waals surface area contributed by atoms with E-state index >= 15 is 0 Å². The second kappa shape index (κ2) is 5.46. The predicted molar refractivity (Wildman–Crippen MR) is 77.0 cm³/mol. The van der Waals surface area contributed by atoms with E-state index in [2.05, 4.69) is 58.1 Å². The summed E-state index contributed by atoms with van der Waals surface area (Å²) in [5.41, 5.74) is 0.737. The van der Waals surface area contributed by atoms with Crippen LogP contribution in [0.2, 0.25) is 0 Å². The summed E-state index contributed by atoms with van der Waals surface area (Å²) in [5.74, 6) is -0.233. The van der Waals surface area contributed by atoms with Gasteiger partial charge in [-0.15, -0.1) is 0 Å². The van der Waals surface area contributed by atoms with Crippen molar-refractivity contribution in [3.05, 3.63) is 49.7 Å². The van der Waals surface area contributed by atoms with E-state index in [0.29, 0.717) is 4.47 Å². The number of hydrogen-bond donors (Lipinski definition) is 1.